The van der Waals surface area contributed by atoms with Crippen LogP contribution in [0.2, 0.25) is 0 Å². The minimum atomic E-state index is -0.473. The number of anilines is 1. The molecule has 158 valence electrons. The van der Waals surface area contributed by atoms with Gasteiger partial charge in [0.15, 0.2) is 0 Å². The van der Waals surface area contributed by atoms with Crippen LogP contribution in [0.25, 0.3) is 0 Å². The number of rotatable bonds is 11. The van der Waals surface area contributed by atoms with E-state index in [9.17, 15) is 4.79 Å². The molecule has 1 aliphatic rings. The summed E-state index contributed by atoms with van der Waals surface area (Å²) in [6.07, 6.45) is 2.56. The highest BCUT2D eigenvalue weighted by Gasteiger charge is 2.21. The number of nitrogens with zero attached hydrogens (tertiary/aromatic N) is 2. The number of carbonyl (C=O) groups is 1. The van der Waals surface area contributed by atoms with Crippen molar-refractivity contribution in [2.75, 3.05) is 65.4 Å². The van der Waals surface area contributed by atoms with Crippen molar-refractivity contribution in [2.45, 2.75) is 32.3 Å². The van der Waals surface area contributed by atoms with Crippen molar-refractivity contribution in [3.63, 3.8) is 0 Å². The van der Waals surface area contributed by atoms with Crippen LogP contribution in [0.15, 0.2) is 24.3 Å². The number of unbranched alkanes of at least 4 members (excludes halogenated alkanes) is 2. The average molecular weight is 394 g/mol. The molecule has 0 unspecified atom stereocenters. The standard InChI is InChI=1S/C21H35N3O4/c1-4-5-6-14-27-19-9-7-8-18(15-19)22-21(25)28-20(17-26-3)16-24-12-10-23(2)11-13-24/h7-9,15,20H,4-6,10-14,16-17H2,1-3H3,(H,22,25)/t20-/m1/s1. The van der Waals surface area contributed by atoms with E-state index in [1.165, 1.54) is 0 Å². The molecule has 0 radical (unpaired) electrons. The maximum Gasteiger partial charge on any atom is 0.412 e. The van der Waals surface area contributed by atoms with Crippen LogP contribution in [-0.2, 0) is 9.47 Å². The topological polar surface area (TPSA) is 63.3 Å². The molecule has 1 aliphatic heterocycles. The van der Waals surface area contributed by atoms with Gasteiger partial charge in [0.2, 0.25) is 0 Å². The summed E-state index contributed by atoms with van der Waals surface area (Å²) in [4.78, 5) is 17.0. The number of amides is 1. The fourth-order valence-electron chi connectivity index (χ4n) is 3.13. The second kappa shape index (κ2) is 12.6. The van der Waals surface area contributed by atoms with Gasteiger partial charge < -0.3 is 19.1 Å². The van der Waals surface area contributed by atoms with E-state index >= 15 is 0 Å². The van der Waals surface area contributed by atoms with Gasteiger partial charge in [-0.1, -0.05) is 25.8 Å². The van der Waals surface area contributed by atoms with Crippen LogP contribution in [0.5, 0.6) is 5.75 Å². The Morgan fingerprint density at radius 3 is 2.71 bits per heavy atom. The minimum absolute atomic E-state index is 0.304. The van der Waals surface area contributed by atoms with E-state index in [1.54, 1.807) is 7.11 Å². The van der Waals surface area contributed by atoms with Gasteiger partial charge in [-0.2, -0.15) is 0 Å². The zero-order chi connectivity index (χ0) is 20.2. The molecular weight excluding hydrogens is 358 g/mol. The molecule has 0 spiro atoms. The van der Waals surface area contributed by atoms with Crippen molar-refractivity contribution in [1.29, 1.82) is 0 Å². The highest BCUT2D eigenvalue weighted by molar-refractivity contribution is 5.85. The Labute approximate surface area is 168 Å². The minimum Gasteiger partial charge on any atom is -0.494 e. The third-order valence-electron chi connectivity index (χ3n) is 4.78. The first-order valence-electron chi connectivity index (χ1n) is 10.2. The summed E-state index contributed by atoms with van der Waals surface area (Å²) in [7, 11) is 3.74. The van der Waals surface area contributed by atoms with Gasteiger partial charge in [0, 0.05) is 51.6 Å². The van der Waals surface area contributed by atoms with E-state index in [4.69, 9.17) is 14.2 Å². The average Bonchev–Trinajstić information content (AvgIpc) is 2.67. The van der Waals surface area contributed by atoms with Gasteiger partial charge in [-0.3, -0.25) is 10.2 Å². The normalized spacial score (nSPS) is 16.5. The molecule has 7 heteroatoms. The Balaban J connectivity index is 1.81. The molecule has 1 N–H and O–H groups in total. The first kappa shape index (κ1) is 22.5. The molecule has 0 saturated carbocycles. The molecule has 1 aromatic carbocycles. The van der Waals surface area contributed by atoms with E-state index in [0.29, 0.717) is 25.4 Å². The Kier molecular flexibility index (Phi) is 10.1. The third-order valence-corrected chi connectivity index (χ3v) is 4.78. The van der Waals surface area contributed by atoms with Gasteiger partial charge in [-0.15, -0.1) is 0 Å². The van der Waals surface area contributed by atoms with Gasteiger partial charge in [0.1, 0.15) is 11.9 Å². The molecule has 28 heavy (non-hydrogen) atoms. The Hall–Kier alpha value is -1.83. The summed E-state index contributed by atoms with van der Waals surface area (Å²) < 4.78 is 16.6. The summed E-state index contributed by atoms with van der Waals surface area (Å²) in [6, 6.07) is 7.40. The molecular formula is C21H35N3O4. The van der Waals surface area contributed by atoms with Gasteiger partial charge in [-0.25, -0.2) is 4.79 Å². The number of hydrogen-bond donors (Lipinski definition) is 1. The maximum atomic E-state index is 12.3. The van der Waals surface area contributed by atoms with Crippen molar-refractivity contribution in [2.24, 2.45) is 0 Å². The fraction of sp³-hybridized carbons (Fsp3) is 0.667. The summed E-state index contributed by atoms with van der Waals surface area (Å²) in [6.45, 7) is 7.89. The predicted octanol–water partition coefficient (Wildman–Crippen LogP) is 3.07. The quantitative estimate of drug-likeness (QED) is 0.583. The van der Waals surface area contributed by atoms with Crippen LogP contribution in [-0.4, -0.2) is 82.1 Å². The van der Waals surface area contributed by atoms with Crippen LogP contribution in [0, 0.1) is 0 Å². The van der Waals surface area contributed by atoms with Gasteiger partial charge >= 0.3 is 6.09 Å². The SMILES string of the molecule is CCCCCOc1cccc(NC(=O)O[C@@H](COC)CN2CCN(C)CC2)c1. The van der Waals surface area contributed by atoms with Crippen molar-refractivity contribution in [3.05, 3.63) is 24.3 Å². The summed E-state index contributed by atoms with van der Waals surface area (Å²) in [5.74, 6) is 0.750. The second-order valence-corrected chi connectivity index (χ2v) is 7.29. The molecule has 1 amide bonds. The molecule has 1 fully saturated rings. The molecule has 1 saturated heterocycles. The lowest BCUT2D eigenvalue weighted by Crippen LogP contribution is -2.48. The lowest BCUT2D eigenvalue weighted by Gasteiger charge is -2.34. The van der Waals surface area contributed by atoms with Crippen molar-refractivity contribution < 1.29 is 19.0 Å². The summed E-state index contributed by atoms with van der Waals surface area (Å²) >= 11 is 0. The maximum absolute atomic E-state index is 12.3. The largest absolute Gasteiger partial charge is 0.494 e. The van der Waals surface area contributed by atoms with E-state index in [1.807, 2.05) is 24.3 Å². The fourth-order valence-corrected chi connectivity index (χ4v) is 3.13. The smallest absolute Gasteiger partial charge is 0.412 e. The van der Waals surface area contributed by atoms with E-state index in [-0.39, 0.29) is 6.10 Å². The molecule has 1 atom stereocenters. The lowest BCUT2D eigenvalue weighted by atomic mass is 10.2. The number of methoxy groups -OCH3 is 1. The predicted molar refractivity (Wildman–Crippen MR) is 111 cm³/mol. The van der Waals surface area contributed by atoms with Crippen LogP contribution in [0.1, 0.15) is 26.2 Å². The monoisotopic (exact) mass is 393 g/mol. The van der Waals surface area contributed by atoms with Gasteiger partial charge in [0.25, 0.3) is 0 Å². The van der Waals surface area contributed by atoms with Crippen molar-refractivity contribution >= 4 is 11.8 Å². The Morgan fingerprint density at radius 2 is 2.00 bits per heavy atom. The number of piperazine rings is 1. The van der Waals surface area contributed by atoms with E-state index in [0.717, 1.165) is 51.2 Å². The third kappa shape index (κ3) is 8.46. The molecule has 1 heterocycles. The Morgan fingerprint density at radius 1 is 1.21 bits per heavy atom. The number of carbonyl (C=O) groups excluding carboxylic acids is 1. The van der Waals surface area contributed by atoms with Crippen LogP contribution >= 0.6 is 0 Å². The first-order valence-corrected chi connectivity index (χ1v) is 10.2. The molecule has 1 aromatic rings. The second-order valence-electron chi connectivity index (χ2n) is 7.29. The van der Waals surface area contributed by atoms with Crippen molar-refractivity contribution in [3.8, 4) is 5.75 Å². The number of nitrogens with one attached hydrogen (secondary N) is 1. The van der Waals surface area contributed by atoms with E-state index in [2.05, 4.69) is 29.1 Å². The van der Waals surface area contributed by atoms with E-state index < -0.39 is 6.09 Å². The zero-order valence-electron chi connectivity index (χ0n) is 17.5. The molecule has 0 aromatic heterocycles. The summed E-state index contributed by atoms with van der Waals surface area (Å²) in [5.41, 5.74) is 0.661. The molecule has 2 rings (SSSR count). The molecule has 0 aliphatic carbocycles. The number of likely N-dealkylation sites (N-methyl/N-ethyl adjacent to an activating group) is 1. The van der Waals surface area contributed by atoms with Crippen molar-refractivity contribution in [1.82, 2.24) is 9.80 Å². The van der Waals surface area contributed by atoms with Crippen LogP contribution in [0.3, 0.4) is 0 Å². The molecule has 0 bridgehead atoms. The summed E-state index contributed by atoms with van der Waals surface area (Å²) in [5, 5.41) is 2.79. The van der Waals surface area contributed by atoms with Crippen LogP contribution < -0.4 is 10.1 Å². The zero-order valence-corrected chi connectivity index (χ0v) is 17.5. The van der Waals surface area contributed by atoms with Crippen LogP contribution in [0.4, 0.5) is 10.5 Å². The Bertz CT molecular complexity index is 577. The number of ether oxygens (including phenoxy) is 3. The number of hydrogen-bond acceptors (Lipinski definition) is 6. The van der Waals surface area contributed by atoms with Gasteiger partial charge in [-0.05, 0) is 25.6 Å². The van der Waals surface area contributed by atoms with Gasteiger partial charge in [0.05, 0.1) is 13.2 Å². The first-order chi connectivity index (χ1) is 13.6. The lowest BCUT2D eigenvalue weighted by molar-refractivity contribution is 0.0157. The highest BCUT2D eigenvalue weighted by atomic mass is 16.6. The molecule has 7 nitrogen and oxygen atoms in total. The number of benzene rings is 1. The highest BCUT2D eigenvalue weighted by Crippen LogP contribution is 2.18.